The van der Waals surface area contributed by atoms with Crippen molar-refractivity contribution >= 4 is 17.5 Å². The number of hydrogen-bond donors (Lipinski definition) is 1. The molecule has 2 aromatic rings. The van der Waals surface area contributed by atoms with Crippen molar-refractivity contribution in [2.24, 2.45) is 0 Å². The summed E-state index contributed by atoms with van der Waals surface area (Å²) in [6.07, 6.45) is 2.47. The molecule has 1 unspecified atom stereocenters. The van der Waals surface area contributed by atoms with E-state index in [9.17, 15) is 4.79 Å². The van der Waals surface area contributed by atoms with Gasteiger partial charge in [0.15, 0.2) is 11.5 Å². The largest absolute Gasteiger partial charge is 0.454 e. The molecule has 0 spiro atoms. The van der Waals surface area contributed by atoms with Crippen LogP contribution >= 0.6 is 11.6 Å². The molecule has 3 heterocycles. The van der Waals surface area contributed by atoms with Crippen molar-refractivity contribution in [3.05, 3.63) is 34.4 Å². The van der Waals surface area contributed by atoms with Gasteiger partial charge in [0.2, 0.25) is 6.79 Å². The number of carbonyl (C=O) groups is 1. The molecule has 1 aromatic carbocycles. The topological polar surface area (TPSA) is 78.3 Å². The van der Waals surface area contributed by atoms with Gasteiger partial charge in [0.05, 0.1) is 5.02 Å². The maximum Gasteiger partial charge on any atom is 0.251 e. The summed E-state index contributed by atoms with van der Waals surface area (Å²) in [5, 5.41) is 11.8. The first kappa shape index (κ1) is 15.3. The minimum Gasteiger partial charge on any atom is -0.454 e. The monoisotopic (exact) mass is 348 g/mol. The lowest BCUT2D eigenvalue weighted by Crippen LogP contribution is -2.41. The Kier molecular flexibility index (Phi) is 3.80. The Balaban J connectivity index is 1.50. The fourth-order valence-corrected chi connectivity index (χ4v) is 3.39. The quantitative estimate of drug-likeness (QED) is 0.917. The lowest BCUT2D eigenvalue weighted by Gasteiger charge is -2.25. The minimum absolute atomic E-state index is 0.0375. The van der Waals surface area contributed by atoms with Crippen LogP contribution in [-0.4, -0.2) is 33.5 Å². The van der Waals surface area contributed by atoms with E-state index in [1.165, 1.54) is 0 Å². The van der Waals surface area contributed by atoms with Gasteiger partial charge in [-0.05, 0) is 18.6 Å². The number of hydrogen-bond acceptors (Lipinski definition) is 5. The number of nitrogens with zero attached hydrogens (tertiary/aromatic N) is 3. The van der Waals surface area contributed by atoms with Gasteiger partial charge in [-0.15, -0.1) is 10.2 Å². The van der Waals surface area contributed by atoms with E-state index in [2.05, 4.69) is 20.1 Å². The first-order valence-electron chi connectivity index (χ1n) is 7.96. The third-order valence-corrected chi connectivity index (χ3v) is 4.64. The van der Waals surface area contributed by atoms with Crippen molar-refractivity contribution in [2.45, 2.75) is 38.8 Å². The molecular weight excluding hydrogens is 332 g/mol. The molecule has 24 heavy (non-hydrogen) atoms. The van der Waals surface area contributed by atoms with E-state index in [1.54, 1.807) is 12.1 Å². The lowest BCUT2D eigenvalue weighted by molar-refractivity contribution is 0.0927. The van der Waals surface area contributed by atoms with E-state index in [0.717, 1.165) is 30.9 Å². The van der Waals surface area contributed by atoms with E-state index in [4.69, 9.17) is 21.1 Å². The highest BCUT2D eigenvalue weighted by molar-refractivity contribution is 6.32. The average Bonchev–Trinajstić information content (AvgIpc) is 3.20. The van der Waals surface area contributed by atoms with E-state index in [-0.39, 0.29) is 18.7 Å². The van der Waals surface area contributed by atoms with Crippen LogP contribution < -0.4 is 14.8 Å². The van der Waals surface area contributed by atoms with Gasteiger partial charge in [-0.1, -0.05) is 18.5 Å². The number of rotatable bonds is 3. The summed E-state index contributed by atoms with van der Waals surface area (Å²) in [7, 11) is 0. The van der Waals surface area contributed by atoms with E-state index < -0.39 is 0 Å². The van der Waals surface area contributed by atoms with Crippen molar-refractivity contribution < 1.29 is 14.3 Å². The second-order valence-corrected chi connectivity index (χ2v) is 6.30. The molecule has 0 saturated heterocycles. The number of ether oxygens (including phenoxy) is 2. The number of aromatic nitrogens is 3. The summed E-state index contributed by atoms with van der Waals surface area (Å²) in [5.74, 6) is 2.77. The van der Waals surface area contributed by atoms with Crippen LogP contribution in [0.5, 0.6) is 11.5 Å². The van der Waals surface area contributed by atoms with Crippen molar-refractivity contribution in [2.75, 3.05) is 6.79 Å². The zero-order valence-electron chi connectivity index (χ0n) is 13.2. The van der Waals surface area contributed by atoms with Crippen LogP contribution in [0, 0.1) is 0 Å². The highest BCUT2D eigenvalue weighted by Crippen LogP contribution is 2.39. The molecule has 0 radical (unpaired) electrons. The Bertz CT molecular complexity index is 791. The SMILES string of the molecule is CCc1nnc2n1CC(NC(=O)c1cc(Cl)c3c(c1)OCO3)CC2. The highest BCUT2D eigenvalue weighted by Gasteiger charge is 2.25. The summed E-state index contributed by atoms with van der Waals surface area (Å²) in [6.45, 7) is 2.86. The van der Waals surface area contributed by atoms with Crippen molar-refractivity contribution in [1.82, 2.24) is 20.1 Å². The summed E-state index contributed by atoms with van der Waals surface area (Å²) >= 11 is 6.15. The molecule has 1 amide bonds. The van der Waals surface area contributed by atoms with Crippen LogP contribution in [0.15, 0.2) is 12.1 Å². The number of carbonyl (C=O) groups excluding carboxylic acids is 1. The van der Waals surface area contributed by atoms with Gasteiger partial charge in [-0.2, -0.15) is 0 Å². The first-order chi connectivity index (χ1) is 11.7. The maximum absolute atomic E-state index is 12.6. The van der Waals surface area contributed by atoms with Crippen LogP contribution in [0.1, 0.15) is 35.4 Å². The molecule has 1 N–H and O–H groups in total. The fraction of sp³-hybridized carbons (Fsp3) is 0.438. The summed E-state index contributed by atoms with van der Waals surface area (Å²) in [4.78, 5) is 12.6. The molecule has 0 saturated carbocycles. The van der Waals surface area contributed by atoms with Crippen LogP contribution in [-0.2, 0) is 19.4 Å². The Morgan fingerprint density at radius 3 is 3.12 bits per heavy atom. The first-order valence-corrected chi connectivity index (χ1v) is 8.34. The summed E-state index contributed by atoms with van der Waals surface area (Å²) < 4.78 is 12.7. The molecule has 7 nitrogen and oxygen atoms in total. The van der Waals surface area contributed by atoms with Crippen molar-refractivity contribution in [3.8, 4) is 11.5 Å². The molecule has 4 rings (SSSR count). The number of nitrogens with one attached hydrogen (secondary N) is 1. The average molecular weight is 349 g/mol. The molecule has 126 valence electrons. The Morgan fingerprint density at radius 2 is 2.29 bits per heavy atom. The smallest absolute Gasteiger partial charge is 0.251 e. The zero-order chi connectivity index (χ0) is 16.7. The van der Waals surface area contributed by atoms with Crippen LogP contribution in [0.3, 0.4) is 0 Å². The third kappa shape index (κ3) is 2.58. The zero-order valence-corrected chi connectivity index (χ0v) is 14.0. The molecule has 8 heteroatoms. The van der Waals surface area contributed by atoms with Gasteiger partial charge in [0.1, 0.15) is 11.6 Å². The number of aryl methyl sites for hydroxylation is 2. The van der Waals surface area contributed by atoms with Crippen LogP contribution in [0.25, 0.3) is 0 Å². The third-order valence-electron chi connectivity index (χ3n) is 4.36. The highest BCUT2D eigenvalue weighted by atomic mass is 35.5. The van der Waals surface area contributed by atoms with E-state index in [0.29, 0.717) is 28.6 Å². The second kappa shape index (κ2) is 5.98. The van der Waals surface area contributed by atoms with Gasteiger partial charge in [-0.3, -0.25) is 4.79 Å². The number of benzene rings is 1. The standard InChI is InChI=1S/C16H17ClN4O3/c1-2-13-19-20-14-4-3-10(7-21(13)14)18-16(22)9-5-11(17)15-12(6-9)23-8-24-15/h5-6,10H,2-4,7-8H2,1H3,(H,18,22). The van der Waals surface area contributed by atoms with Gasteiger partial charge < -0.3 is 19.4 Å². The molecular formula is C16H17ClN4O3. The van der Waals surface area contributed by atoms with Crippen molar-refractivity contribution in [3.63, 3.8) is 0 Å². The van der Waals surface area contributed by atoms with Gasteiger partial charge in [-0.25, -0.2) is 0 Å². The number of fused-ring (bicyclic) bond motifs is 2. The summed E-state index contributed by atoms with van der Waals surface area (Å²) in [6, 6.07) is 3.30. The molecule has 2 aliphatic rings. The predicted molar refractivity (Wildman–Crippen MR) is 86.6 cm³/mol. The number of halogens is 1. The maximum atomic E-state index is 12.6. The Morgan fingerprint density at radius 1 is 1.42 bits per heavy atom. The molecule has 1 aromatic heterocycles. The normalized spacial score (nSPS) is 18.3. The second-order valence-electron chi connectivity index (χ2n) is 5.90. The number of amides is 1. The molecule has 0 aliphatic carbocycles. The van der Waals surface area contributed by atoms with E-state index >= 15 is 0 Å². The minimum atomic E-state index is -0.172. The predicted octanol–water partition coefficient (Wildman–Crippen LogP) is 1.97. The van der Waals surface area contributed by atoms with Crippen LogP contribution in [0.2, 0.25) is 5.02 Å². The summed E-state index contributed by atoms with van der Waals surface area (Å²) in [5.41, 5.74) is 0.467. The Labute approximate surface area is 143 Å². The van der Waals surface area contributed by atoms with E-state index in [1.807, 2.05) is 6.92 Å². The van der Waals surface area contributed by atoms with Crippen molar-refractivity contribution in [1.29, 1.82) is 0 Å². The molecule has 0 bridgehead atoms. The Hall–Kier alpha value is -2.28. The molecule has 1 atom stereocenters. The lowest BCUT2D eigenvalue weighted by atomic mass is 10.1. The van der Waals surface area contributed by atoms with Gasteiger partial charge >= 0.3 is 0 Å². The van der Waals surface area contributed by atoms with Gasteiger partial charge in [0.25, 0.3) is 5.91 Å². The van der Waals surface area contributed by atoms with Gasteiger partial charge in [0, 0.05) is 31.0 Å². The molecule has 2 aliphatic heterocycles. The van der Waals surface area contributed by atoms with Crippen LogP contribution in [0.4, 0.5) is 0 Å². The molecule has 0 fully saturated rings. The fourth-order valence-electron chi connectivity index (χ4n) is 3.13.